The van der Waals surface area contributed by atoms with Crippen LogP contribution in [-0.4, -0.2) is 20.6 Å². The predicted octanol–water partition coefficient (Wildman–Crippen LogP) is 3.46. The average molecular weight is 398 g/mol. The van der Waals surface area contributed by atoms with E-state index >= 15 is 0 Å². The summed E-state index contributed by atoms with van der Waals surface area (Å²) in [6.45, 7) is 5.18. The summed E-state index contributed by atoms with van der Waals surface area (Å²) in [6.07, 6.45) is 6.26. The fraction of sp³-hybridized carbons (Fsp3) is 0.400. The fourth-order valence-electron chi connectivity index (χ4n) is 3.50. The third kappa shape index (κ3) is 3.64. The van der Waals surface area contributed by atoms with E-state index < -0.39 is 0 Å². The summed E-state index contributed by atoms with van der Waals surface area (Å²) in [5.41, 5.74) is 1.71. The van der Waals surface area contributed by atoms with Crippen LogP contribution in [0.25, 0.3) is 10.2 Å². The van der Waals surface area contributed by atoms with E-state index in [0.717, 1.165) is 36.2 Å². The van der Waals surface area contributed by atoms with Gasteiger partial charge in [-0.25, -0.2) is 9.78 Å². The molecule has 2 amide bonds. The van der Waals surface area contributed by atoms with Crippen molar-refractivity contribution in [2.75, 3.05) is 5.32 Å². The van der Waals surface area contributed by atoms with Crippen molar-refractivity contribution in [3.8, 4) is 0 Å². The van der Waals surface area contributed by atoms with Crippen LogP contribution in [0.2, 0.25) is 0 Å². The molecule has 7 nitrogen and oxygen atoms in total. The zero-order valence-corrected chi connectivity index (χ0v) is 16.8. The fourth-order valence-corrected chi connectivity index (χ4v) is 4.59. The molecule has 1 atom stereocenters. The maximum Gasteiger partial charge on any atom is 0.320 e. The Morgan fingerprint density at radius 1 is 1.39 bits per heavy atom. The zero-order chi connectivity index (χ0) is 19.7. The Hall–Kier alpha value is -2.74. The minimum Gasteiger partial charge on any atom is -0.334 e. The second-order valence-corrected chi connectivity index (χ2v) is 8.32. The van der Waals surface area contributed by atoms with E-state index in [4.69, 9.17) is 4.98 Å². The first kappa shape index (κ1) is 18.6. The minimum absolute atomic E-state index is 0.00617. The van der Waals surface area contributed by atoms with Gasteiger partial charge in [0.2, 0.25) is 0 Å². The third-order valence-corrected chi connectivity index (χ3v) is 6.34. The van der Waals surface area contributed by atoms with Crippen molar-refractivity contribution < 1.29 is 4.79 Å². The number of pyridine rings is 1. The third-order valence-electron chi connectivity index (χ3n) is 5.24. The smallest absolute Gasteiger partial charge is 0.320 e. The van der Waals surface area contributed by atoms with Crippen LogP contribution >= 0.6 is 11.3 Å². The van der Waals surface area contributed by atoms with Gasteiger partial charge in [0, 0.05) is 31.9 Å². The Labute approximate surface area is 166 Å². The van der Waals surface area contributed by atoms with E-state index in [2.05, 4.69) is 22.5 Å². The molecule has 0 saturated carbocycles. The van der Waals surface area contributed by atoms with E-state index in [1.165, 1.54) is 11.3 Å². The Morgan fingerprint density at radius 3 is 3.04 bits per heavy atom. The number of fused-ring (bicyclic) bond motifs is 2. The van der Waals surface area contributed by atoms with Crippen LogP contribution in [0.1, 0.15) is 36.7 Å². The number of rotatable bonds is 3. The van der Waals surface area contributed by atoms with Gasteiger partial charge in [0.15, 0.2) is 0 Å². The van der Waals surface area contributed by atoms with Crippen LogP contribution < -0.4 is 16.2 Å². The highest BCUT2D eigenvalue weighted by molar-refractivity contribution is 7.22. The second kappa shape index (κ2) is 7.71. The zero-order valence-electron chi connectivity index (χ0n) is 16.0. The van der Waals surface area contributed by atoms with Gasteiger partial charge in [0.1, 0.15) is 15.7 Å². The summed E-state index contributed by atoms with van der Waals surface area (Å²) in [6, 6.07) is 3.42. The van der Waals surface area contributed by atoms with Crippen molar-refractivity contribution in [2.45, 2.75) is 46.2 Å². The molecule has 1 aliphatic heterocycles. The van der Waals surface area contributed by atoms with E-state index in [9.17, 15) is 9.59 Å². The van der Waals surface area contributed by atoms with Crippen LogP contribution in [0.4, 0.5) is 9.80 Å². The van der Waals surface area contributed by atoms with E-state index in [1.807, 2.05) is 23.6 Å². The van der Waals surface area contributed by atoms with Crippen LogP contribution in [-0.2, 0) is 19.5 Å². The second-order valence-electron chi connectivity index (χ2n) is 7.32. The molecule has 3 aromatic rings. The van der Waals surface area contributed by atoms with Crippen LogP contribution in [0, 0.1) is 12.8 Å². The van der Waals surface area contributed by atoms with Gasteiger partial charge in [-0.1, -0.05) is 24.3 Å². The molecule has 0 bridgehead atoms. The molecule has 0 aliphatic carbocycles. The molecule has 4 heterocycles. The van der Waals surface area contributed by atoms with Gasteiger partial charge in [-0.15, -0.1) is 0 Å². The van der Waals surface area contributed by atoms with Crippen molar-refractivity contribution >= 4 is 32.6 Å². The molecule has 0 saturated heterocycles. The minimum atomic E-state index is -0.311. The molecule has 1 unspecified atom stereocenters. The standard InChI is InChI=1S/C20H23N5O2S/c1-12-5-6-15-23-18-16(19(26)25(15)9-7-12)13(2)17(28-18)24-20(27)22-11-14-4-3-8-21-10-14/h3-4,8,10,12H,5-7,9,11H2,1-2H3,(H2,22,24,27). The van der Waals surface area contributed by atoms with Gasteiger partial charge in [-0.3, -0.25) is 19.7 Å². The number of aromatic nitrogens is 3. The van der Waals surface area contributed by atoms with Crippen molar-refractivity contribution in [1.82, 2.24) is 19.9 Å². The first-order valence-corrected chi connectivity index (χ1v) is 10.3. The monoisotopic (exact) mass is 397 g/mol. The molecular formula is C20H23N5O2S. The van der Waals surface area contributed by atoms with Gasteiger partial charge in [-0.2, -0.15) is 0 Å². The molecule has 0 spiro atoms. The maximum atomic E-state index is 13.1. The molecule has 0 fully saturated rings. The maximum absolute atomic E-state index is 13.1. The number of carbonyl (C=O) groups excluding carboxylic acids is 1. The summed E-state index contributed by atoms with van der Waals surface area (Å²) >= 11 is 1.36. The van der Waals surface area contributed by atoms with Gasteiger partial charge in [-0.05, 0) is 42.9 Å². The molecular weight excluding hydrogens is 374 g/mol. The lowest BCUT2D eigenvalue weighted by Crippen LogP contribution is -2.28. The number of thiophene rings is 1. The summed E-state index contributed by atoms with van der Waals surface area (Å²) < 4.78 is 1.82. The number of carbonyl (C=O) groups is 1. The molecule has 3 aromatic heterocycles. The van der Waals surface area contributed by atoms with E-state index in [0.29, 0.717) is 34.2 Å². The molecule has 2 N–H and O–H groups in total. The van der Waals surface area contributed by atoms with Crippen molar-refractivity contribution in [2.24, 2.45) is 5.92 Å². The largest absolute Gasteiger partial charge is 0.334 e. The topological polar surface area (TPSA) is 88.9 Å². The molecule has 0 aromatic carbocycles. The first-order chi connectivity index (χ1) is 13.5. The number of hydrogen-bond donors (Lipinski definition) is 2. The van der Waals surface area contributed by atoms with Crippen LogP contribution in [0.3, 0.4) is 0 Å². The Morgan fingerprint density at radius 2 is 2.25 bits per heavy atom. The number of aryl methyl sites for hydroxylation is 2. The summed E-state index contributed by atoms with van der Waals surface area (Å²) in [7, 11) is 0. The molecule has 28 heavy (non-hydrogen) atoms. The molecule has 4 rings (SSSR count). The number of urea groups is 1. The lowest BCUT2D eigenvalue weighted by molar-refractivity contribution is 0.252. The molecule has 8 heteroatoms. The quantitative estimate of drug-likeness (QED) is 0.708. The SMILES string of the molecule is Cc1c(NC(=O)NCc2cccnc2)sc2nc3n(c(=O)c12)CCC(C)CC3. The first-order valence-electron chi connectivity index (χ1n) is 9.49. The normalized spacial score (nSPS) is 16.4. The van der Waals surface area contributed by atoms with Crippen molar-refractivity contribution in [1.29, 1.82) is 0 Å². The highest BCUT2D eigenvalue weighted by Crippen LogP contribution is 2.32. The number of hydrogen-bond acceptors (Lipinski definition) is 5. The predicted molar refractivity (Wildman–Crippen MR) is 111 cm³/mol. The van der Waals surface area contributed by atoms with E-state index in [-0.39, 0.29) is 11.6 Å². The molecule has 0 radical (unpaired) electrons. The van der Waals surface area contributed by atoms with Crippen molar-refractivity contribution in [3.05, 3.63) is 51.8 Å². The lowest BCUT2D eigenvalue weighted by atomic mass is 10.0. The Kier molecular flexibility index (Phi) is 5.13. The Balaban J connectivity index is 1.57. The number of nitrogens with one attached hydrogen (secondary N) is 2. The van der Waals surface area contributed by atoms with E-state index in [1.54, 1.807) is 12.4 Å². The highest BCUT2D eigenvalue weighted by atomic mass is 32.1. The summed E-state index contributed by atoms with van der Waals surface area (Å²) in [4.78, 5) is 34.8. The Bertz CT molecular complexity index is 1070. The van der Waals surface area contributed by atoms with Gasteiger partial charge in [0.05, 0.1) is 5.39 Å². The van der Waals surface area contributed by atoms with Gasteiger partial charge < -0.3 is 5.32 Å². The van der Waals surface area contributed by atoms with Gasteiger partial charge >= 0.3 is 6.03 Å². The molecule has 1 aliphatic rings. The summed E-state index contributed by atoms with van der Waals surface area (Å²) in [5, 5.41) is 6.96. The molecule has 146 valence electrons. The van der Waals surface area contributed by atoms with Crippen molar-refractivity contribution in [3.63, 3.8) is 0 Å². The lowest BCUT2D eigenvalue weighted by Gasteiger charge is -2.08. The number of amides is 2. The highest BCUT2D eigenvalue weighted by Gasteiger charge is 2.21. The summed E-state index contributed by atoms with van der Waals surface area (Å²) in [5.74, 6) is 1.46. The van der Waals surface area contributed by atoms with Crippen LogP contribution in [0.5, 0.6) is 0 Å². The number of anilines is 1. The number of nitrogens with zero attached hydrogens (tertiary/aromatic N) is 3. The van der Waals surface area contributed by atoms with Gasteiger partial charge in [0.25, 0.3) is 5.56 Å². The average Bonchev–Trinajstić information content (AvgIpc) is 2.87. The van der Waals surface area contributed by atoms with Crippen LogP contribution in [0.15, 0.2) is 29.3 Å².